The van der Waals surface area contributed by atoms with Gasteiger partial charge in [0.05, 0.1) is 12.4 Å². The van der Waals surface area contributed by atoms with Crippen molar-refractivity contribution in [2.45, 2.75) is 0 Å². The molecule has 7 heteroatoms. The Morgan fingerprint density at radius 2 is 1.94 bits per heavy atom. The molecule has 0 atom stereocenters. The Balaban J connectivity index is 1.98. The zero-order valence-electron chi connectivity index (χ0n) is 9.21. The summed E-state index contributed by atoms with van der Waals surface area (Å²) < 4.78 is 14.1. The Morgan fingerprint density at radius 1 is 1.17 bits per heavy atom. The van der Waals surface area contributed by atoms with E-state index >= 15 is 0 Å². The van der Waals surface area contributed by atoms with Crippen molar-refractivity contribution in [1.82, 2.24) is 19.9 Å². The zero-order chi connectivity index (χ0) is 12.5. The van der Waals surface area contributed by atoms with Gasteiger partial charge in [-0.05, 0) is 24.3 Å². The number of anilines is 2. The quantitative estimate of drug-likeness (QED) is 0.665. The molecule has 6 nitrogen and oxygen atoms in total. The first kappa shape index (κ1) is 10.5. The van der Waals surface area contributed by atoms with Crippen LogP contribution in [-0.2, 0) is 0 Å². The molecule has 1 aromatic carbocycles. The molecule has 0 aromatic heterocycles. The molecule has 0 radical (unpaired) electrons. The maximum absolute atomic E-state index is 12.8. The number of nitrogens with zero attached hydrogens (tertiary/aromatic N) is 4. The molecule has 1 aromatic rings. The Bertz CT molecular complexity index is 647. The molecule has 0 saturated heterocycles. The van der Waals surface area contributed by atoms with Crippen molar-refractivity contribution in [3.63, 3.8) is 0 Å². The molecular formula is C11H9FN6. The molecule has 0 unspecified atom stereocenters. The molecule has 18 heavy (non-hydrogen) atoms. The van der Waals surface area contributed by atoms with Crippen molar-refractivity contribution in [2.24, 2.45) is 0 Å². The fourth-order valence-corrected chi connectivity index (χ4v) is 1.59. The Hall–Kier alpha value is -2.70. The second-order valence-corrected chi connectivity index (χ2v) is 3.70. The van der Waals surface area contributed by atoms with Crippen LogP contribution in [0.25, 0.3) is 11.4 Å². The summed E-state index contributed by atoms with van der Waals surface area (Å²) in [7, 11) is 0. The van der Waals surface area contributed by atoms with Crippen molar-refractivity contribution in [3.05, 3.63) is 42.5 Å². The van der Waals surface area contributed by atoms with Crippen LogP contribution in [-0.4, -0.2) is 19.9 Å². The standard InChI is InChI=1S/C11H9FN6/c12-7-1-3-8(4-2-7)16-11-14-5-9-10(18(11)13)6-15-17-9/h1-6H,13H2,(H,14,16). The molecule has 2 aliphatic heterocycles. The Kier molecular flexibility index (Phi) is 2.30. The van der Waals surface area contributed by atoms with Crippen LogP contribution in [0.5, 0.6) is 0 Å². The molecule has 3 N–H and O–H groups in total. The number of nitrogens with one attached hydrogen (secondary N) is 1. The fourth-order valence-electron chi connectivity index (χ4n) is 1.59. The van der Waals surface area contributed by atoms with E-state index in [1.807, 2.05) is 0 Å². The van der Waals surface area contributed by atoms with Gasteiger partial charge in [-0.1, -0.05) is 0 Å². The fraction of sp³-hybridized carbons (Fsp3) is 0. The van der Waals surface area contributed by atoms with E-state index in [0.29, 0.717) is 23.0 Å². The number of nitrogens with two attached hydrogens (primary N) is 1. The molecule has 3 rings (SSSR count). The van der Waals surface area contributed by atoms with Crippen LogP contribution in [0.3, 0.4) is 0 Å². The van der Waals surface area contributed by atoms with Crippen LogP contribution in [0.15, 0.2) is 36.7 Å². The number of nitrogen functional groups attached to an aromatic ring is 1. The van der Waals surface area contributed by atoms with E-state index in [2.05, 4.69) is 20.5 Å². The van der Waals surface area contributed by atoms with Gasteiger partial charge in [0.25, 0.3) is 0 Å². The first-order valence-corrected chi connectivity index (χ1v) is 5.21. The number of benzene rings is 1. The van der Waals surface area contributed by atoms with Crippen LogP contribution in [0.4, 0.5) is 16.0 Å². The number of fused-ring (bicyclic) bond motifs is 1. The second-order valence-electron chi connectivity index (χ2n) is 3.70. The Morgan fingerprint density at radius 3 is 2.72 bits per heavy atom. The molecule has 2 heterocycles. The molecule has 0 bridgehead atoms. The minimum absolute atomic E-state index is 0.297. The van der Waals surface area contributed by atoms with E-state index in [9.17, 15) is 4.39 Å². The van der Waals surface area contributed by atoms with Crippen LogP contribution in [0.2, 0.25) is 0 Å². The average Bonchev–Trinajstić information content (AvgIpc) is 2.84. The number of hydrogen-bond acceptors (Lipinski definition) is 5. The van der Waals surface area contributed by atoms with Gasteiger partial charge in [0.15, 0.2) is 0 Å². The summed E-state index contributed by atoms with van der Waals surface area (Å²) in [5, 5.41) is 10.6. The van der Waals surface area contributed by atoms with Gasteiger partial charge in [0.2, 0.25) is 5.95 Å². The maximum Gasteiger partial charge on any atom is 0.226 e. The maximum atomic E-state index is 12.8. The van der Waals surface area contributed by atoms with Gasteiger partial charge >= 0.3 is 0 Å². The highest BCUT2D eigenvalue weighted by molar-refractivity contribution is 5.60. The van der Waals surface area contributed by atoms with E-state index in [1.54, 1.807) is 24.5 Å². The van der Waals surface area contributed by atoms with Crippen molar-refractivity contribution < 1.29 is 4.39 Å². The summed E-state index contributed by atoms with van der Waals surface area (Å²) in [6.07, 6.45) is 3.12. The highest BCUT2D eigenvalue weighted by atomic mass is 19.1. The predicted octanol–water partition coefficient (Wildman–Crippen LogP) is 1.37. The number of aromatic nitrogens is 4. The first-order valence-electron chi connectivity index (χ1n) is 5.21. The number of hydrogen-bond donors (Lipinski definition) is 2. The number of halogens is 1. The summed E-state index contributed by atoms with van der Waals surface area (Å²) in [5.74, 6) is 6.00. The smallest absolute Gasteiger partial charge is 0.226 e. The van der Waals surface area contributed by atoms with Crippen molar-refractivity contribution in [1.29, 1.82) is 0 Å². The minimum atomic E-state index is -0.297. The summed E-state index contributed by atoms with van der Waals surface area (Å²) in [4.78, 5) is 4.13. The summed E-state index contributed by atoms with van der Waals surface area (Å²) >= 11 is 0. The Labute approximate surface area is 102 Å². The molecule has 0 spiro atoms. The largest absolute Gasteiger partial charge is 0.336 e. The van der Waals surface area contributed by atoms with Gasteiger partial charge in [0.1, 0.15) is 17.2 Å². The molecule has 0 aliphatic carbocycles. The highest BCUT2D eigenvalue weighted by Crippen LogP contribution is 2.20. The van der Waals surface area contributed by atoms with Gasteiger partial charge in [0, 0.05) is 5.69 Å². The summed E-state index contributed by atoms with van der Waals surface area (Å²) in [5.41, 5.74) is 1.96. The van der Waals surface area contributed by atoms with Gasteiger partial charge in [-0.2, -0.15) is 5.10 Å². The molecule has 0 fully saturated rings. The monoisotopic (exact) mass is 244 g/mol. The van der Waals surface area contributed by atoms with E-state index in [-0.39, 0.29) is 5.82 Å². The third-order valence-corrected chi connectivity index (χ3v) is 2.51. The van der Waals surface area contributed by atoms with E-state index in [4.69, 9.17) is 5.84 Å². The normalized spacial score (nSPS) is 10.7. The van der Waals surface area contributed by atoms with Gasteiger partial charge in [-0.25, -0.2) is 14.1 Å². The van der Waals surface area contributed by atoms with Crippen LogP contribution in [0.1, 0.15) is 0 Å². The van der Waals surface area contributed by atoms with Gasteiger partial charge in [-0.15, -0.1) is 5.10 Å². The van der Waals surface area contributed by atoms with Crippen molar-refractivity contribution in [3.8, 4) is 11.4 Å². The third kappa shape index (κ3) is 1.71. The SMILES string of the molecule is Nn1c2cnnc-2cnc1Nc1ccc(F)cc1. The van der Waals surface area contributed by atoms with Crippen LogP contribution < -0.4 is 11.2 Å². The summed E-state index contributed by atoms with van der Waals surface area (Å²) in [6.45, 7) is 0. The lowest BCUT2D eigenvalue weighted by Gasteiger charge is -2.12. The third-order valence-electron chi connectivity index (χ3n) is 2.51. The second kappa shape index (κ2) is 3.95. The topological polar surface area (TPSA) is 81.7 Å². The zero-order valence-corrected chi connectivity index (χ0v) is 9.21. The lowest BCUT2D eigenvalue weighted by Crippen LogP contribution is -2.17. The molecule has 90 valence electrons. The minimum Gasteiger partial charge on any atom is -0.336 e. The van der Waals surface area contributed by atoms with Gasteiger partial charge < -0.3 is 11.2 Å². The van der Waals surface area contributed by atoms with Crippen molar-refractivity contribution in [2.75, 3.05) is 11.2 Å². The predicted molar refractivity (Wildman–Crippen MR) is 64.3 cm³/mol. The number of rotatable bonds is 2. The van der Waals surface area contributed by atoms with E-state index < -0.39 is 0 Å². The molecule has 0 saturated carbocycles. The van der Waals surface area contributed by atoms with Crippen LogP contribution in [0, 0.1) is 5.82 Å². The van der Waals surface area contributed by atoms with Gasteiger partial charge in [-0.3, -0.25) is 0 Å². The van der Waals surface area contributed by atoms with Crippen molar-refractivity contribution >= 4 is 11.6 Å². The van der Waals surface area contributed by atoms with E-state index in [0.717, 1.165) is 0 Å². The summed E-state index contributed by atoms with van der Waals surface area (Å²) in [6, 6.07) is 5.91. The lowest BCUT2D eigenvalue weighted by atomic mass is 10.3. The highest BCUT2D eigenvalue weighted by Gasteiger charge is 2.12. The molecule has 2 aliphatic rings. The average molecular weight is 244 g/mol. The molecular weight excluding hydrogens is 235 g/mol. The van der Waals surface area contributed by atoms with E-state index in [1.165, 1.54) is 16.8 Å². The van der Waals surface area contributed by atoms with Crippen LogP contribution >= 0.6 is 0 Å². The lowest BCUT2D eigenvalue weighted by molar-refractivity contribution is 0.628. The first-order chi connectivity index (χ1) is 8.74. The molecule has 0 amide bonds.